The Bertz CT molecular complexity index is 703. The fraction of sp³-hybridized carbons (Fsp3) is 0.429. The average Bonchev–Trinajstić information content (AvgIpc) is 3.41. The van der Waals surface area contributed by atoms with E-state index >= 15 is 0 Å². The molecule has 1 fully saturated rings. The fourth-order valence-electron chi connectivity index (χ4n) is 2.88. The SMILES string of the molecule is Cc1ccc(CC(=O)N(Cc2ccc(N(C)C)cc2)CC2CC2)cn1. The molecule has 0 saturated heterocycles. The summed E-state index contributed by atoms with van der Waals surface area (Å²) >= 11 is 0. The van der Waals surface area contributed by atoms with Crippen molar-refractivity contribution >= 4 is 11.6 Å². The second-order valence-electron chi connectivity index (χ2n) is 7.26. The monoisotopic (exact) mass is 337 g/mol. The summed E-state index contributed by atoms with van der Waals surface area (Å²) in [5, 5.41) is 0. The van der Waals surface area contributed by atoms with Gasteiger partial charge in [-0.1, -0.05) is 18.2 Å². The Morgan fingerprint density at radius 2 is 1.76 bits per heavy atom. The lowest BCUT2D eigenvalue weighted by Crippen LogP contribution is -2.33. The van der Waals surface area contributed by atoms with E-state index in [1.807, 2.05) is 44.2 Å². The summed E-state index contributed by atoms with van der Waals surface area (Å²) in [4.78, 5) is 21.2. The maximum absolute atomic E-state index is 12.8. The second-order valence-corrected chi connectivity index (χ2v) is 7.26. The molecule has 1 heterocycles. The van der Waals surface area contributed by atoms with E-state index in [0.717, 1.165) is 17.8 Å². The highest BCUT2D eigenvalue weighted by Gasteiger charge is 2.26. The predicted octanol–water partition coefficient (Wildman–Crippen LogP) is 3.44. The highest BCUT2D eigenvalue weighted by Crippen LogP contribution is 2.30. The van der Waals surface area contributed by atoms with Gasteiger partial charge in [-0.25, -0.2) is 0 Å². The van der Waals surface area contributed by atoms with Gasteiger partial charge in [0.05, 0.1) is 6.42 Å². The van der Waals surface area contributed by atoms with Crippen molar-refractivity contribution in [2.24, 2.45) is 5.92 Å². The first-order chi connectivity index (χ1) is 12.0. The molecule has 1 aromatic heterocycles. The smallest absolute Gasteiger partial charge is 0.227 e. The molecule has 3 rings (SSSR count). The van der Waals surface area contributed by atoms with E-state index in [0.29, 0.717) is 18.9 Å². The van der Waals surface area contributed by atoms with Crippen LogP contribution < -0.4 is 4.90 Å². The molecule has 4 nitrogen and oxygen atoms in total. The van der Waals surface area contributed by atoms with Gasteiger partial charge in [0.25, 0.3) is 0 Å². The van der Waals surface area contributed by atoms with Crippen LogP contribution >= 0.6 is 0 Å². The first-order valence-corrected chi connectivity index (χ1v) is 8.97. The lowest BCUT2D eigenvalue weighted by atomic mass is 10.1. The molecular formula is C21H27N3O. The standard InChI is InChI=1S/C21H27N3O/c1-16-4-5-19(13-22-16)12-21(25)24(14-17-6-7-17)15-18-8-10-20(11-9-18)23(2)3/h4-5,8-11,13,17H,6-7,12,14-15H2,1-3H3. The van der Waals surface area contributed by atoms with Gasteiger partial charge in [0.2, 0.25) is 5.91 Å². The minimum absolute atomic E-state index is 0.189. The Morgan fingerprint density at radius 1 is 1.08 bits per heavy atom. The fourth-order valence-corrected chi connectivity index (χ4v) is 2.88. The van der Waals surface area contributed by atoms with Crippen molar-refractivity contribution < 1.29 is 4.79 Å². The molecule has 132 valence electrons. The number of aromatic nitrogens is 1. The van der Waals surface area contributed by atoms with Crippen LogP contribution in [0.2, 0.25) is 0 Å². The van der Waals surface area contributed by atoms with Crippen LogP contribution in [0.1, 0.15) is 29.7 Å². The van der Waals surface area contributed by atoms with Crippen LogP contribution in [0.25, 0.3) is 0 Å². The summed E-state index contributed by atoms with van der Waals surface area (Å²) in [6.07, 6.45) is 4.73. The van der Waals surface area contributed by atoms with Crippen molar-refractivity contribution in [3.8, 4) is 0 Å². The molecule has 1 aromatic carbocycles. The van der Waals surface area contributed by atoms with Gasteiger partial charge < -0.3 is 9.80 Å². The molecule has 4 heteroatoms. The van der Waals surface area contributed by atoms with Crippen LogP contribution in [0.3, 0.4) is 0 Å². The summed E-state index contributed by atoms with van der Waals surface area (Å²) in [5.41, 5.74) is 4.32. The van der Waals surface area contributed by atoms with Gasteiger partial charge in [0.15, 0.2) is 0 Å². The molecular weight excluding hydrogens is 310 g/mol. The number of hydrogen-bond acceptors (Lipinski definition) is 3. The zero-order valence-electron chi connectivity index (χ0n) is 15.4. The molecule has 0 bridgehead atoms. The first-order valence-electron chi connectivity index (χ1n) is 8.97. The Hall–Kier alpha value is -2.36. The van der Waals surface area contributed by atoms with Crippen LogP contribution in [0.15, 0.2) is 42.6 Å². The first kappa shape index (κ1) is 17.5. The number of carbonyl (C=O) groups excluding carboxylic acids is 1. The third kappa shape index (κ3) is 5.05. The molecule has 0 aliphatic heterocycles. The van der Waals surface area contributed by atoms with Crippen molar-refractivity contribution in [2.75, 3.05) is 25.5 Å². The number of hydrogen-bond donors (Lipinski definition) is 0. The van der Waals surface area contributed by atoms with Crippen molar-refractivity contribution in [3.05, 3.63) is 59.4 Å². The number of carbonyl (C=O) groups is 1. The molecule has 25 heavy (non-hydrogen) atoms. The van der Waals surface area contributed by atoms with Crippen molar-refractivity contribution in [1.82, 2.24) is 9.88 Å². The van der Waals surface area contributed by atoms with Crippen molar-refractivity contribution in [1.29, 1.82) is 0 Å². The lowest BCUT2D eigenvalue weighted by Gasteiger charge is -2.23. The van der Waals surface area contributed by atoms with Crippen LogP contribution in [-0.4, -0.2) is 36.4 Å². The van der Waals surface area contributed by atoms with Gasteiger partial charge in [-0.3, -0.25) is 9.78 Å². The van der Waals surface area contributed by atoms with E-state index < -0.39 is 0 Å². The maximum atomic E-state index is 12.8. The molecule has 1 amide bonds. The second kappa shape index (κ2) is 7.68. The lowest BCUT2D eigenvalue weighted by molar-refractivity contribution is -0.131. The molecule has 1 aliphatic carbocycles. The Labute approximate surface area is 150 Å². The van der Waals surface area contributed by atoms with Crippen LogP contribution in [0, 0.1) is 12.8 Å². The zero-order chi connectivity index (χ0) is 17.8. The Kier molecular flexibility index (Phi) is 5.37. The highest BCUT2D eigenvalue weighted by molar-refractivity contribution is 5.78. The maximum Gasteiger partial charge on any atom is 0.227 e. The molecule has 1 saturated carbocycles. The highest BCUT2D eigenvalue weighted by atomic mass is 16.2. The molecule has 0 N–H and O–H groups in total. The molecule has 0 radical (unpaired) electrons. The predicted molar refractivity (Wildman–Crippen MR) is 102 cm³/mol. The summed E-state index contributed by atoms with van der Waals surface area (Å²) in [7, 11) is 4.07. The number of amides is 1. The van der Waals surface area contributed by atoms with Crippen LogP contribution in [0.4, 0.5) is 5.69 Å². The van der Waals surface area contributed by atoms with Gasteiger partial charge in [-0.2, -0.15) is 0 Å². The van der Waals surface area contributed by atoms with E-state index in [4.69, 9.17) is 0 Å². The number of benzene rings is 1. The van der Waals surface area contributed by atoms with Crippen molar-refractivity contribution in [3.63, 3.8) is 0 Å². The van der Waals surface area contributed by atoms with Gasteiger partial charge in [0, 0.05) is 44.8 Å². The average molecular weight is 337 g/mol. The number of pyridine rings is 1. The van der Waals surface area contributed by atoms with Gasteiger partial charge in [0.1, 0.15) is 0 Å². The summed E-state index contributed by atoms with van der Waals surface area (Å²) in [6.45, 7) is 3.51. The van der Waals surface area contributed by atoms with Crippen molar-refractivity contribution in [2.45, 2.75) is 32.7 Å². The van der Waals surface area contributed by atoms with Gasteiger partial charge in [-0.05, 0) is 55.0 Å². The third-order valence-corrected chi connectivity index (χ3v) is 4.68. The quantitative estimate of drug-likeness (QED) is 0.776. The van der Waals surface area contributed by atoms with Crippen LogP contribution in [-0.2, 0) is 17.8 Å². The molecule has 0 spiro atoms. The topological polar surface area (TPSA) is 36.4 Å². The number of rotatable bonds is 7. The molecule has 0 atom stereocenters. The molecule has 0 unspecified atom stereocenters. The largest absolute Gasteiger partial charge is 0.378 e. The minimum Gasteiger partial charge on any atom is -0.378 e. The number of nitrogens with zero attached hydrogens (tertiary/aromatic N) is 3. The summed E-state index contributed by atoms with van der Waals surface area (Å²) < 4.78 is 0. The van der Waals surface area contributed by atoms with E-state index in [1.54, 1.807) is 0 Å². The van der Waals surface area contributed by atoms with E-state index in [1.165, 1.54) is 24.1 Å². The molecule has 2 aromatic rings. The number of anilines is 1. The van der Waals surface area contributed by atoms with E-state index in [9.17, 15) is 4.79 Å². The van der Waals surface area contributed by atoms with Crippen LogP contribution in [0.5, 0.6) is 0 Å². The van der Waals surface area contributed by atoms with Gasteiger partial charge >= 0.3 is 0 Å². The van der Waals surface area contributed by atoms with Gasteiger partial charge in [-0.15, -0.1) is 0 Å². The summed E-state index contributed by atoms with van der Waals surface area (Å²) in [5.74, 6) is 0.871. The Morgan fingerprint density at radius 3 is 2.32 bits per heavy atom. The summed E-state index contributed by atoms with van der Waals surface area (Å²) in [6, 6.07) is 12.4. The molecule has 1 aliphatic rings. The zero-order valence-corrected chi connectivity index (χ0v) is 15.4. The van der Waals surface area contributed by atoms with E-state index in [-0.39, 0.29) is 5.91 Å². The normalized spacial score (nSPS) is 13.6. The number of aryl methyl sites for hydroxylation is 1. The Balaban J connectivity index is 1.67. The van der Waals surface area contributed by atoms with E-state index in [2.05, 4.69) is 34.1 Å². The minimum atomic E-state index is 0.189. The third-order valence-electron chi connectivity index (χ3n) is 4.68.